The van der Waals surface area contributed by atoms with Crippen molar-refractivity contribution in [1.29, 1.82) is 0 Å². The third kappa shape index (κ3) is 2.10. The second-order valence-corrected chi connectivity index (χ2v) is 2.69. The molecule has 0 amide bonds. The Morgan fingerprint density at radius 1 is 1.67 bits per heavy atom. The van der Waals surface area contributed by atoms with Crippen molar-refractivity contribution >= 4 is 17.3 Å². The van der Waals surface area contributed by atoms with Gasteiger partial charge in [0.1, 0.15) is 13.1 Å². The van der Waals surface area contributed by atoms with E-state index in [0.29, 0.717) is 6.54 Å². The van der Waals surface area contributed by atoms with Crippen LogP contribution in [-0.4, -0.2) is 33.3 Å². The Balaban J connectivity index is 3.27. The monoisotopic (exact) mass is 213 g/mol. The summed E-state index contributed by atoms with van der Waals surface area (Å²) < 4.78 is 0. The van der Waals surface area contributed by atoms with Gasteiger partial charge in [0.2, 0.25) is 11.6 Å². The quantitative estimate of drug-likeness (QED) is 0.402. The van der Waals surface area contributed by atoms with E-state index in [1.54, 1.807) is 6.92 Å². The number of aliphatic hydroxyl groups excluding tert-OH is 1. The molecule has 1 rings (SSSR count). The van der Waals surface area contributed by atoms with Gasteiger partial charge < -0.3 is 15.7 Å². The SMILES string of the molecule is CCN(CO)c1ncnc(N)c1[N+](=O)[O-]. The van der Waals surface area contributed by atoms with Gasteiger partial charge >= 0.3 is 5.69 Å². The molecule has 1 aromatic heterocycles. The Hall–Kier alpha value is -1.96. The lowest BCUT2D eigenvalue weighted by atomic mass is 10.4. The topological polar surface area (TPSA) is 118 Å². The average Bonchev–Trinajstić information content (AvgIpc) is 2.19. The molecule has 8 heteroatoms. The molecule has 8 nitrogen and oxygen atoms in total. The van der Waals surface area contributed by atoms with Gasteiger partial charge in [0.05, 0.1) is 4.92 Å². The van der Waals surface area contributed by atoms with Crippen LogP contribution in [0.1, 0.15) is 6.92 Å². The molecule has 1 aromatic rings. The molecule has 0 aliphatic heterocycles. The van der Waals surface area contributed by atoms with Crippen molar-refractivity contribution in [2.45, 2.75) is 6.92 Å². The minimum absolute atomic E-state index is 0.0255. The Bertz CT molecular complexity index is 366. The largest absolute Gasteiger partial charge is 0.378 e. The molecule has 0 saturated heterocycles. The number of nitrogen functional groups attached to an aromatic ring is 1. The van der Waals surface area contributed by atoms with Gasteiger partial charge in [0, 0.05) is 6.54 Å². The van der Waals surface area contributed by atoms with Crippen LogP contribution >= 0.6 is 0 Å². The van der Waals surface area contributed by atoms with Crippen LogP contribution in [-0.2, 0) is 0 Å². The summed E-state index contributed by atoms with van der Waals surface area (Å²) in [7, 11) is 0. The van der Waals surface area contributed by atoms with Crippen LogP contribution < -0.4 is 10.6 Å². The van der Waals surface area contributed by atoms with Crippen LogP contribution in [0, 0.1) is 10.1 Å². The number of aliphatic hydroxyl groups is 1. The molecule has 0 aromatic carbocycles. The second kappa shape index (κ2) is 4.51. The van der Waals surface area contributed by atoms with E-state index in [1.807, 2.05) is 0 Å². The Labute approximate surface area is 85.5 Å². The fourth-order valence-electron chi connectivity index (χ4n) is 1.11. The van der Waals surface area contributed by atoms with Gasteiger partial charge in [-0.2, -0.15) is 0 Å². The minimum Gasteiger partial charge on any atom is -0.378 e. The molecular weight excluding hydrogens is 202 g/mol. The molecule has 82 valence electrons. The molecule has 0 fully saturated rings. The highest BCUT2D eigenvalue weighted by molar-refractivity contribution is 5.68. The van der Waals surface area contributed by atoms with Crippen molar-refractivity contribution in [1.82, 2.24) is 9.97 Å². The molecule has 0 aliphatic rings. The minimum atomic E-state index is -0.664. The highest BCUT2D eigenvalue weighted by Crippen LogP contribution is 2.28. The number of anilines is 2. The summed E-state index contributed by atoms with van der Waals surface area (Å²) in [5.74, 6) is -0.186. The second-order valence-electron chi connectivity index (χ2n) is 2.69. The first kappa shape index (κ1) is 11.1. The number of hydrogen-bond donors (Lipinski definition) is 2. The maximum atomic E-state index is 10.7. The van der Waals surface area contributed by atoms with E-state index < -0.39 is 4.92 Å². The molecule has 0 atom stereocenters. The summed E-state index contributed by atoms with van der Waals surface area (Å²) in [5.41, 5.74) is 4.99. The van der Waals surface area contributed by atoms with E-state index in [2.05, 4.69) is 9.97 Å². The predicted molar refractivity (Wildman–Crippen MR) is 53.2 cm³/mol. The first-order valence-corrected chi connectivity index (χ1v) is 4.22. The number of rotatable bonds is 4. The lowest BCUT2D eigenvalue weighted by molar-refractivity contribution is -0.383. The van der Waals surface area contributed by atoms with Crippen LogP contribution in [0.2, 0.25) is 0 Å². The summed E-state index contributed by atoms with van der Waals surface area (Å²) in [6.45, 7) is 1.75. The molecule has 0 unspecified atom stereocenters. The van der Waals surface area contributed by atoms with Crippen LogP contribution in [0.4, 0.5) is 17.3 Å². The van der Waals surface area contributed by atoms with Crippen molar-refractivity contribution < 1.29 is 10.0 Å². The van der Waals surface area contributed by atoms with Crippen molar-refractivity contribution in [2.75, 3.05) is 23.9 Å². The summed E-state index contributed by atoms with van der Waals surface area (Å²) in [6, 6.07) is 0. The summed E-state index contributed by atoms with van der Waals surface area (Å²) >= 11 is 0. The summed E-state index contributed by atoms with van der Waals surface area (Å²) in [6.07, 6.45) is 1.12. The van der Waals surface area contributed by atoms with E-state index in [4.69, 9.17) is 10.8 Å². The molecule has 3 N–H and O–H groups in total. The standard InChI is InChI=1S/C7H11N5O3/c1-2-11(4-13)7-5(12(14)15)6(8)9-3-10-7/h3,13H,2,4H2,1H3,(H2,8,9,10). The number of nitrogens with zero attached hydrogens (tertiary/aromatic N) is 4. The molecule has 15 heavy (non-hydrogen) atoms. The van der Waals surface area contributed by atoms with E-state index >= 15 is 0 Å². The third-order valence-electron chi connectivity index (χ3n) is 1.87. The zero-order valence-corrected chi connectivity index (χ0v) is 8.12. The highest BCUT2D eigenvalue weighted by atomic mass is 16.6. The molecule has 0 aliphatic carbocycles. The fourth-order valence-corrected chi connectivity index (χ4v) is 1.11. The van der Waals surface area contributed by atoms with Crippen LogP contribution in [0.15, 0.2) is 6.33 Å². The van der Waals surface area contributed by atoms with Crippen LogP contribution in [0.5, 0.6) is 0 Å². The normalized spacial score (nSPS) is 10.0. The molecule has 1 heterocycles. The van der Waals surface area contributed by atoms with Crippen LogP contribution in [0.25, 0.3) is 0 Å². The Morgan fingerprint density at radius 3 is 2.80 bits per heavy atom. The zero-order chi connectivity index (χ0) is 11.4. The van der Waals surface area contributed by atoms with Gasteiger partial charge in [-0.15, -0.1) is 0 Å². The van der Waals surface area contributed by atoms with Gasteiger partial charge in [0.25, 0.3) is 0 Å². The van der Waals surface area contributed by atoms with Gasteiger partial charge in [-0.3, -0.25) is 10.1 Å². The fraction of sp³-hybridized carbons (Fsp3) is 0.429. The first-order chi connectivity index (χ1) is 7.11. The van der Waals surface area contributed by atoms with Crippen molar-refractivity contribution in [3.63, 3.8) is 0 Å². The number of nitro groups is 1. The zero-order valence-electron chi connectivity index (χ0n) is 8.12. The third-order valence-corrected chi connectivity index (χ3v) is 1.87. The van der Waals surface area contributed by atoms with Gasteiger partial charge in [0.15, 0.2) is 0 Å². The van der Waals surface area contributed by atoms with E-state index in [-0.39, 0.29) is 24.1 Å². The smallest absolute Gasteiger partial charge is 0.353 e. The van der Waals surface area contributed by atoms with Crippen molar-refractivity contribution in [3.8, 4) is 0 Å². The average molecular weight is 213 g/mol. The van der Waals surface area contributed by atoms with Gasteiger partial charge in [-0.1, -0.05) is 0 Å². The number of nitrogens with two attached hydrogens (primary N) is 1. The van der Waals surface area contributed by atoms with E-state index in [9.17, 15) is 10.1 Å². The summed E-state index contributed by atoms with van der Waals surface area (Å²) in [4.78, 5) is 18.6. The molecule has 0 saturated carbocycles. The van der Waals surface area contributed by atoms with Crippen molar-refractivity contribution in [2.24, 2.45) is 0 Å². The van der Waals surface area contributed by atoms with Gasteiger partial charge in [-0.25, -0.2) is 9.97 Å². The maximum Gasteiger partial charge on any atom is 0.353 e. The Kier molecular flexibility index (Phi) is 3.34. The molecule has 0 radical (unpaired) electrons. The highest BCUT2D eigenvalue weighted by Gasteiger charge is 2.24. The van der Waals surface area contributed by atoms with E-state index in [0.717, 1.165) is 6.33 Å². The Morgan fingerprint density at radius 2 is 2.33 bits per heavy atom. The molecular formula is C7H11N5O3. The van der Waals surface area contributed by atoms with Gasteiger partial charge in [-0.05, 0) is 6.92 Å². The lowest BCUT2D eigenvalue weighted by Gasteiger charge is -2.18. The van der Waals surface area contributed by atoms with Crippen LogP contribution in [0.3, 0.4) is 0 Å². The lowest BCUT2D eigenvalue weighted by Crippen LogP contribution is -2.26. The van der Waals surface area contributed by atoms with E-state index in [1.165, 1.54) is 4.90 Å². The first-order valence-electron chi connectivity index (χ1n) is 4.22. The number of aromatic nitrogens is 2. The molecule has 0 spiro atoms. The number of hydrogen-bond acceptors (Lipinski definition) is 7. The molecule has 0 bridgehead atoms. The predicted octanol–water partition coefficient (Wildman–Crippen LogP) is -0.257. The maximum absolute atomic E-state index is 10.7. The van der Waals surface area contributed by atoms with Crippen molar-refractivity contribution in [3.05, 3.63) is 16.4 Å². The summed E-state index contributed by atoms with van der Waals surface area (Å²) in [5, 5.41) is 19.7.